The van der Waals surface area contributed by atoms with E-state index in [9.17, 15) is 9.59 Å². The summed E-state index contributed by atoms with van der Waals surface area (Å²) < 4.78 is 3.43. The third-order valence-corrected chi connectivity index (χ3v) is 8.10. The summed E-state index contributed by atoms with van der Waals surface area (Å²) in [6, 6.07) is 14.2. The van der Waals surface area contributed by atoms with Crippen molar-refractivity contribution in [2.24, 2.45) is 0 Å². The zero-order chi connectivity index (χ0) is 23.4. The zero-order valence-electron chi connectivity index (χ0n) is 19.2. The van der Waals surface area contributed by atoms with Gasteiger partial charge in [0.05, 0.1) is 17.9 Å². The van der Waals surface area contributed by atoms with Gasteiger partial charge in [0.1, 0.15) is 5.39 Å². The first-order valence-corrected chi connectivity index (χ1v) is 12.5. The fraction of sp³-hybridized carbons (Fsp3) is 0.308. The number of hydrogen-bond acceptors (Lipinski definition) is 5. The second-order valence-electron chi connectivity index (χ2n) is 9.13. The van der Waals surface area contributed by atoms with E-state index in [1.165, 1.54) is 28.5 Å². The van der Waals surface area contributed by atoms with Gasteiger partial charge in [0, 0.05) is 25.3 Å². The van der Waals surface area contributed by atoms with Crippen LogP contribution < -0.4 is 5.56 Å². The van der Waals surface area contributed by atoms with Gasteiger partial charge in [-0.05, 0) is 54.7 Å². The number of amides is 1. The predicted molar refractivity (Wildman–Crippen MR) is 133 cm³/mol. The summed E-state index contributed by atoms with van der Waals surface area (Å²) in [5, 5.41) is 5.61. The largest absolute Gasteiger partial charge is 0.338 e. The van der Waals surface area contributed by atoms with E-state index in [1.807, 2.05) is 29.2 Å². The van der Waals surface area contributed by atoms with E-state index in [4.69, 9.17) is 4.98 Å². The lowest BCUT2D eigenvalue weighted by molar-refractivity contribution is -0.132. The van der Waals surface area contributed by atoms with E-state index in [0.717, 1.165) is 24.2 Å². The Morgan fingerprint density at radius 2 is 1.94 bits per heavy atom. The lowest BCUT2D eigenvalue weighted by Crippen LogP contribution is -2.38. The van der Waals surface area contributed by atoms with Crippen LogP contribution >= 0.6 is 11.8 Å². The van der Waals surface area contributed by atoms with Crippen LogP contribution in [-0.4, -0.2) is 42.4 Å². The summed E-state index contributed by atoms with van der Waals surface area (Å²) in [6.45, 7) is 5.48. The summed E-state index contributed by atoms with van der Waals surface area (Å²) >= 11 is 1.54. The summed E-state index contributed by atoms with van der Waals surface area (Å²) in [7, 11) is 0. The van der Waals surface area contributed by atoms with Crippen molar-refractivity contribution in [2.45, 2.75) is 44.4 Å². The lowest BCUT2D eigenvalue weighted by atomic mass is 9.99. The SMILES string of the molecule is Cc1ccc(-n2ncc3c(=O)n4c(nc32)SCC4CC(=O)N2CCc3ccccc3C2)cc1C. The van der Waals surface area contributed by atoms with E-state index >= 15 is 0 Å². The Bertz CT molecular complexity index is 1510. The molecule has 0 aliphatic carbocycles. The quantitative estimate of drug-likeness (QED) is 0.425. The predicted octanol–water partition coefficient (Wildman–Crippen LogP) is 3.82. The lowest BCUT2D eigenvalue weighted by Gasteiger charge is -2.29. The van der Waals surface area contributed by atoms with Gasteiger partial charge in [-0.15, -0.1) is 0 Å². The molecule has 0 fully saturated rings. The van der Waals surface area contributed by atoms with Crippen LogP contribution in [-0.2, 0) is 17.8 Å². The number of thioether (sulfide) groups is 1. The van der Waals surface area contributed by atoms with Crippen molar-refractivity contribution in [3.05, 3.63) is 81.3 Å². The number of nitrogens with zero attached hydrogens (tertiary/aromatic N) is 5. The Hall–Kier alpha value is -3.39. The van der Waals surface area contributed by atoms with E-state index in [2.05, 4.69) is 37.1 Å². The number of rotatable bonds is 3. The Morgan fingerprint density at radius 3 is 2.76 bits per heavy atom. The van der Waals surface area contributed by atoms with Gasteiger partial charge in [0.25, 0.3) is 5.56 Å². The molecule has 0 radical (unpaired) electrons. The zero-order valence-corrected chi connectivity index (χ0v) is 20.0. The average molecular weight is 472 g/mol. The smallest absolute Gasteiger partial charge is 0.265 e. The third-order valence-electron chi connectivity index (χ3n) is 7.00. The van der Waals surface area contributed by atoms with E-state index < -0.39 is 0 Å². The fourth-order valence-electron chi connectivity index (χ4n) is 4.87. The van der Waals surface area contributed by atoms with Crippen LogP contribution in [0.3, 0.4) is 0 Å². The molecule has 1 unspecified atom stereocenters. The maximum atomic E-state index is 13.4. The third kappa shape index (κ3) is 3.44. The molecule has 0 saturated heterocycles. The monoisotopic (exact) mass is 471 g/mol. The molecule has 0 N–H and O–H groups in total. The molecule has 7 nitrogen and oxygen atoms in total. The molecule has 2 aromatic carbocycles. The van der Waals surface area contributed by atoms with Gasteiger partial charge in [-0.25, -0.2) is 9.67 Å². The minimum atomic E-state index is -0.195. The summed E-state index contributed by atoms with van der Waals surface area (Å²) in [5.74, 6) is 0.757. The van der Waals surface area contributed by atoms with Crippen LogP contribution in [0.5, 0.6) is 0 Å². The molecular formula is C26H25N5O2S. The second kappa shape index (κ2) is 8.13. The van der Waals surface area contributed by atoms with Crippen LogP contribution in [0.15, 0.2) is 58.6 Å². The van der Waals surface area contributed by atoms with Gasteiger partial charge in [-0.1, -0.05) is 42.1 Å². The van der Waals surface area contributed by atoms with Crippen molar-refractivity contribution in [1.82, 2.24) is 24.2 Å². The molecule has 2 aliphatic rings. The summed E-state index contributed by atoms with van der Waals surface area (Å²) in [4.78, 5) is 33.3. The highest BCUT2D eigenvalue weighted by molar-refractivity contribution is 7.99. The summed E-state index contributed by atoms with van der Waals surface area (Å²) in [6.07, 6.45) is 2.77. The molecule has 4 aromatic rings. The first-order chi connectivity index (χ1) is 16.5. The van der Waals surface area contributed by atoms with Crippen LogP contribution in [0.1, 0.15) is 34.7 Å². The Labute approximate surface area is 201 Å². The van der Waals surface area contributed by atoms with Crippen LogP contribution in [0, 0.1) is 13.8 Å². The van der Waals surface area contributed by atoms with E-state index in [0.29, 0.717) is 34.9 Å². The second-order valence-corrected chi connectivity index (χ2v) is 10.1. The molecule has 0 saturated carbocycles. The van der Waals surface area contributed by atoms with E-state index in [-0.39, 0.29) is 17.5 Å². The van der Waals surface area contributed by atoms with Gasteiger partial charge in [0.15, 0.2) is 10.8 Å². The van der Waals surface area contributed by atoms with Gasteiger partial charge >= 0.3 is 0 Å². The van der Waals surface area contributed by atoms with Gasteiger partial charge < -0.3 is 4.90 Å². The number of aryl methyl sites for hydroxylation is 2. The highest BCUT2D eigenvalue weighted by Crippen LogP contribution is 2.34. The first-order valence-electron chi connectivity index (χ1n) is 11.5. The molecule has 4 heterocycles. The number of fused-ring (bicyclic) bond motifs is 3. The fourth-order valence-corrected chi connectivity index (χ4v) is 6.00. The highest BCUT2D eigenvalue weighted by Gasteiger charge is 2.31. The van der Waals surface area contributed by atoms with Gasteiger partial charge in [0.2, 0.25) is 5.91 Å². The van der Waals surface area contributed by atoms with E-state index in [1.54, 1.807) is 15.4 Å². The number of carbonyl (C=O) groups excluding carboxylic acids is 1. The molecule has 1 amide bonds. The van der Waals surface area contributed by atoms with Crippen molar-refractivity contribution in [3.63, 3.8) is 0 Å². The Morgan fingerprint density at radius 1 is 1.12 bits per heavy atom. The molecule has 0 spiro atoms. The number of hydrogen-bond donors (Lipinski definition) is 0. The Balaban J connectivity index is 1.29. The Kier molecular flexibility index (Phi) is 5.06. The van der Waals surface area contributed by atoms with Crippen LogP contribution in [0.2, 0.25) is 0 Å². The first kappa shape index (κ1) is 21.2. The molecule has 2 aliphatic heterocycles. The molecule has 6 rings (SSSR count). The van der Waals surface area contributed by atoms with Gasteiger partial charge in [-0.2, -0.15) is 5.10 Å². The summed E-state index contributed by atoms with van der Waals surface area (Å²) in [5.41, 5.74) is 6.21. The maximum absolute atomic E-state index is 13.4. The normalized spacial score (nSPS) is 17.1. The van der Waals surface area contributed by atoms with Crippen molar-refractivity contribution in [1.29, 1.82) is 0 Å². The van der Waals surface area contributed by atoms with Crippen LogP contribution in [0.4, 0.5) is 0 Å². The standard InChI is InChI=1S/C26H25N5O2S/c1-16-7-8-20(11-17(16)2)31-24-22(13-27-31)25(33)30-21(15-34-26(30)28-24)12-23(32)29-10-9-18-5-3-4-6-19(18)14-29/h3-8,11,13,21H,9-10,12,14-15H2,1-2H3. The number of carbonyl (C=O) groups is 1. The molecule has 2 aromatic heterocycles. The van der Waals surface area contributed by atoms with Crippen molar-refractivity contribution >= 4 is 28.7 Å². The topological polar surface area (TPSA) is 73.0 Å². The highest BCUT2D eigenvalue weighted by atomic mass is 32.2. The molecule has 172 valence electrons. The number of aromatic nitrogens is 4. The molecule has 0 bridgehead atoms. The van der Waals surface area contributed by atoms with Crippen LogP contribution in [0.25, 0.3) is 16.7 Å². The minimum Gasteiger partial charge on any atom is -0.338 e. The average Bonchev–Trinajstić information content (AvgIpc) is 3.45. The van der Waals surface area contributed by atoms with Crippen molar-refractivity contribution < 1.29 is 4.79 Å². The molecular weight excluding hydrogens is 446 g/mol. The van der Waals surface area contributed by atoms with Crippen molar-refractivity contribution in [2.75, 3.05) is 12.3 Å². The van der Waals surface area contributed by atoms with Crippen molar-refractivity contribution in [3.8, 4) is 5.69 Å². The van der Waals surface area contributed by atoms with Gasteiger partial charge in [-0.3, -0.25) is 14.2 Å². The maximum Gasteiger partial charge on any atom is 0.265 e. The minimum absolute atomic E-state index is 0.0887. The molecule has 34 heavy (non-hydrogen) atoms. The number of benzene rings is 2. The molecule has 1 atom stereocenters. The molecule has 8 heteroatoms.